The van der Waals surface area contributed by atoms with Crippen LogP contribution in [0.3, 0.4) is 0 Å². The Morgan fingerprint density at radius 2 is 1.78 bits per heavy atom. The molecular weight excluding hydrogens is 458 g/mol. The Morgan fingerprint density at radius 1 is 1.03 bits per heavy atom. The zero-order chi connectivity index (χ0) is 24.9. The number of aromatic nitrogens is 4. The number of anilines is 1. The molecule has 0 aliphatic rings. The largest absolute Gasteiger partial charge is 0.454 e. The fraction of sp³-hybridized carbons (Fsp3) is 0.0741. The molecule has 3 heterocycles. The molecule has 36 heavy (non-hydrogen) atoms. The van der Waals surface area contributed by atoms with Crippen LogP contribution < -0.4 is 5.32 Å². The molecule has 1 unspecified atom stereocenters. The van der Waals surface area contributed by atoms with Gasteiger partial charge in [0.15, 0.2) is 11.9 Å². The summed E-state index contributed by atoms with van der Waals surface area (Å²) in [6.45, 7) is 1.47. The van der Waals surface area contributed by atoms with Crippen molar-refractivity contribution in [3.63, 3.8) is 0 Å². The smallest absolute Gasteiger partial charge is 0.331 e. The van der Waals surface area contributed by atoms with E-state index >= 15 is 0 Å². The third kappa shape index (κ3) is 5.05. The van der Waals surface area contributed by atoms with Gasteiger partial charge in [-0.15, -0.1) is 0 Å². The van der Waals surface area contributed by atoms with Gasteiger partial charge in [0.2, 0.25) is 5.95 Å². The minimum Gasteiger partial charge on any atom is -0.454 e. The highest BCUT2D eigenvalue weighted by molar-refractivity contribution is 5.96. The van der Waals surface area contributed by atoms with Crippen molar-refractivity contribution in [3.8, 4) is 17.1 Å². The van der Waals surface area contributed by atoms with Gasteiger partial charge in [-0.3, -0.25) is 10.1 Å². The second-order valence-electron chi connectivity index (χ2n) is 7.84. The van der Waals surface area contributed by atoms with E-state index in [2.05, 4.69) is 15.3 Å². The normalized spacial score (nSPS) is 12.0. The molecule has 0 radical (unpaired) electrons. The van der Waals surface area contributed by atoms with E-state index < -0.39 is 18.0 Å². The highest BCUT2D eigenvalue weighted by atomic mass is 16.5. The molecule has 0 saturated heterocycles. The maximum Gasteiger partial charge on any atom is 0.331 e. The van der Waals surface area contributed by atoms with E-state index in [0.29, 0.717) is 17.0 Å². The monoisotopic (exact) mass is 479 g/mol. The number of fused-ring (bicyclic) bond motifs is 1. The molecule has 2 aromatic carbocycles. The SMILES string of the molecule is CC(OC(=O)/C=C/c1cn(-c2ccccc2)nc1-c1cc2ccccc2o1)C(=O)Nc1ncccn1. The number of ether oxygens (including phenoxy) is 1. The number of furan rings is 1. The van der Waals surface area contributed by atoms with Crippen LogP contribution in [0.1, 0.15) is 12.5 Å². The fourth-order valence-corrected chi connectivity index (χ4v) is 3.51. The maximum absolute atomic E-state index is 12.5. The van der Waals surface area contributed by atoms with Gasteiger partial charge in [-0.2, -0.15) is 5.10 Å². The molecule has 0 aliphatic carbocycles. The Hall–Kier alpha value is -5.05. The molecule has 0 bridgehead atoms. The van der Waals surface area contributed by atoms with Gasteiger partial charge >= 0.3 is 5.97 Å². The van der Waals surface area contributed by atoms with Crippen LogP contribution in [0.4, 0.5) is 5.95 Å². The quantitative estimate of drug-likeness (QED) is 0.267. The predicted octanol–water partition coefficient (Wildman–Crippen LogP) is 4.66. The number of benzene rings is 2. The molecule has 9 nitrogen and oxygen atoms in total. The molecule has 0 spiro atoms. The lowest BCUT2D eigenvalue weighted by Gasteiger charge is -2.11. The molecule has 3 aromatic heterocycles. The van der Waals surface area contributed by atoms with E-state index in [1.807, 2.05) is 60.7 Å². The van der Waals surface area contributed by atoms with Crippen molar-refractivity contribution in [2.45, 2.75) is 13.0 Å². The number of carbonyl (C=O) groups excluding carboxylic acids is 2. The lowest BCUT2D eigenvalue weighted by Crippen LogP contribution is -2.30. The van der Waals surface area contributed by atoms with Gasteiger partial charge in [0, 0.05) is 35.6 Å². The summed E-state index contributed by atoms with van der Waals surface area (Å²) in [5.41, 5.74) is 2.79. The number of carbonyl (C=O) groups is 2. The first-order valence-electron chi connectivity index (χ1n) is 11.2. The molecule has 5 aromatic rings. The summed E-state index contributed by atoms with van der Waals surface area (Å²) in [5.74, 6) is -0.531. The van der Waals surface area contributed by atoms with Crippen molar-refractivity contribution >= 4 is 34.9 Å². The minimum absolute atomic E-state index is 0.129. The van der Waals surface area contributed by atoms with Crippen LogP contribution in [-0.2, 0) is 14.3 Å². The molecule has 178 valence electrons. The number of hydrogen-bond acceptors (Lipinski definition) is 7. The van der Waals surface area contributed by atoms with Crippen molar-refractivity contribution in [2.24, 2.45) is 0 Å². The molecule has 1 N–H and O–H groups in total. The molecule has 1 amide bonds. The van der Waals surface area contributed by atoms with Gasteiger partial charge in [-0.25, -0.2) is 19.4 Å². The van der Waals surface area contributed by atoms with Crippen LogP contribution >= 0.6 is 0 Å². The Kier molecular flexibility index (Phi) is 6.35. The zero-order valence-corrected chi connectivity index (χ0v) is 19.2. The highest BCUT2D eigenvalue weighted by Gasteiger charge is 2.19. The van der Waals surface area contributed by atoms with Crippen molar-refractivity contribution in [1.29, 1.82) is 0 Å². The number of esters is 1. The topological polar surface area (TPSA) is 112 Å². The summed E-state index contributed by atoms with van der Waals surface area (Å²) in [4.78, 5) is 32.6. The second kappa shape index (κ2) is 10.1. The summed E-state index contributed by atoms with van der Waals surface area (Å²) < 4.78 is 13.0. The van der Waals surface area contributed by atoms with Crippen LogP contribution in [0, 0.1) is 0 Å². The van der Waals surface area contributed by atoms with Gasteiger partial charge in [0.25, 0.3) is 5.91 Å². The summed E-state index contributed by atoms with van der Waals surface area (Å²) in [6, 6.07) is 20.8. The fourth-order valence-electron chi connectivity index (χ4n) is 3.51. The number of rotatable bonds is 7. The van der Waals surface area contributed by atoms with E-state index in [1.165, 1.54) is 25.4 Å². The average Bonchev–Trinajstić information content (AvgIpc) is 3.53. The highest BCUT2D eigenvalue weighted by Crippen LogP contribution is 2.30. The van der Waals surface area contributed by atoms with Crippen LogP contribution in [0.25, 0.3) is 34.2 Å². The lowest BCUT2D eigenvalue weighted by atomic mass is 10.2. The molecule has 0 saturated carbocycles. The Balaban J connectivity index is 1.37. The van der Waals surface area contributed by atoms with E-state index in [-0.39, 0.29) is 5.95 Å². The summed E-state index contributed by atoms with van der Waals surface area (Å²) in [7, 11) is 0. The molecule has 5 rings (SSSR count). The predicted molar refractivity (Wildman–Crippen MR) is 134 cm³/mol. The molecule has 0 aliphatic heterocycles. The van der Waals surface area contributed by atoms with Crippen molar-refractivity contribution in [3.05, 3.63) is 97.0 Å². The first-order chi connectivity index (χ1) is 17.6. The Bertz CT molecular complexity index is 1510. The van der Waals surface area contributed by atoms with E-state index in [9.17, 15) is 9.59 Å². The Morgan fingerprint density at radius 3 is 2.56 bits per heavy atom. The lowest BCUT2D eigenvalue weighted by molar-refractivity contribution is -0.148. The van der Waals surface area contributed by atoms with Crippen LogP contribution in [-0.4, -0.2) is 37.7 Å². The minimum atomic E-state index is -1.05. The van der Waals surface area contributed by atoms with Gasteiger partial charge in [-0.05, 0) is 43.3 Å². The van der Waals surface area contributed by atoms with Gasteiger partial charge < -0.3 is 9.15 Å². The molecule has 0 fully saturated rings. The zero-order valence-electron chi connectivity index (χ0n) is 19.2. The first kappa shape index (κ1) is 22.7. The van der Waals surface area contributed by atoms with Crippen molar-refractivity contribution < 1.29 is 18.7 Å². The van der Waals surface area contributed by atoms with Gasteiger partial charge in [0.05, 0.1) is 5.69 Å². The van der Waals surface area contributed by atoms with Crippen LogP contribution in [0.15, 0.2) is 95.8 Å². The standard InChI is InChI=1S/C27H21N5O4/c1-18(26(34)30-27-28-14-7-15-29-27)35-24(33)13-12-20-17-32(21-9-3-2-4-10-21)31-25(20)23-16-19-8-5-6-11-22(19)36-23/h2-18H,1H3,(H,28,29,30,34)/b13-12+. The van der Waals surface area contributed by atoms with E-state index in [0.717, 1.165) is 16.7 Å². The summed E-state index contributed by atoms with van der Waals surface area (Å²) >= 11 is 0. The number of amides is 1. The number of nitrogens with one attached hydrogen (secondary N) is 1. The van der Waals surface area contributed by atoms with E-state index in [4.69, 9.17) is 14.3 Å². The second-order valence-corrected chi connectivity index (χ2v) is 7.84. The van der Waals surface area contributed by atoms with Crippen LogP contribution in [0.5, 0.6) is 0 Å². The van der Waals surface area contributed by atoms with E-state index in [1.54, 1.807) is 23.0 Å². The number of hydrogen-bond donors (Lipinski definition) is 1. The van der Waals surface area contributed by atoms with Crippen LogP contribution in [0.2, 0.25) is 0 Å². The third-order valence-electron chi connectivity index (χ3n) is 5.28. The first-order valence-corrected chi connectivity index (χ1v) is 11.2. The summed E-state index contributed by atoms with van der Waals surface area (Å²) in [6.07, 6.45) is 6.58. The van der Waals surface area contributed by atoms with Gasteiger partial charge in [-0.1, -0.05) is 36.4 Å². The Labute approximate surface area is 206 Å². The van der Waals surface area contributed by atoms with Crippen molar-refractivity contribution in [1.82, 2.24) is 19.7 Å². The number of nitrogens with zero attached hydrogens (tertiary/aromatic N) is 4. The molecule has 1 atom stereocenters. The maximum atomic E-state index is 12.5. The van der Waals surface area contributed by atoms with Crippen molar-refractivity contribution in [2.75, 3.05) is 5.32 Å². The van der Waals surface area contributed by atoms with Gasteiger partial charge in [0.1, 0.15) is 11.3 Å². The number of para-hydroxylation sites is 2. The average molecular weight is 479 g/mol. The third-order valence-corrected chi connectivity index (χ3v) is 5.28. The summed E-state index contributed by atoms with van der Waals surface area (Å²) in [5, 5.41) is 8.14. The molecule has 9 heteroatoms. The molecular formula is C27H21N5O4.